The predicted octanol–water partition coefficient (Wildman–Crippen LogP) is 1.46. The summed E-state index contributed by atoms with van der Waals surface area (Å²) in [5, 5.41) is 2.94. The van der Waals surface area contributed by atoms with Crippen LogP contribution in [0.15, 0.2) is 36.4 Å². The molecule has 1 aromatic carbocycles. The molecule has 1 rings (SSSR count). The van der Waals surface area contributed by atoms with Gasteiger partial charge in [-0.3, -0.25) is 4.79 Å². The summed E-state index contributed by atoms with van der Waals surface area (Å²) in [6.07, 6.45) is 3.97. The van der Waals surface area contributed by atoms with Gasteiger partial charge in [-0.2, -0.15) is 0 Å². The number of nitrogens with one attached hydrogen (secondary N) is 1. The minimum atomic E-state index is -0.247. The van der Waals surface area contributed by atoms with E-state index < -0.39 is 0 Å². The number of ether oxygens (including phenoxy) is 1. The molecule has 0 amide bonds. The molecule has 0 unspecified atom stereocenters. The molecule has 80 valence electrons. The molecule has 3 heteroatoms. The van der Waals surface area contributed by atoms with Gasteiger partial charge >= 0.3 is 5.97 Å². The Balaban J connectivity index is 2.20. The average molecular weight is 205 g/mol. The zero-order valence-electron chi connectivity index (χ0n) is 8.77. The van der Waals surface area contributed by atoms with E-state index in [9.17, 15) is 4.79 Å². The van der Waals surface area contributed by atoms with Crippen molar-refractivity contribution in [2.45, 2.75) is 0 Å². The van der Waals surface area contributed by atoms with Crippen molar-refractivity contribution < 1.29 is 9.53 Å². The molecule has 0 aliphatic carbocycles. The van der Waals surface area contributed by atoms with Gasteiger partial charge in [-0.15, -0.1) is 0 Å². The Kier molecular flexibility index (Phi) is 5.19. The number of carbonyl (C=O) groups excluding carboxylic acids is 1. The molecular weight excluding hydrogens is 190 g/mol. The summed E-state index contributed by atoms with van der Waals surface area (Å²) in [6, 6.07) is 10.0. The van der Waals surface area contributed by atoms with Crippen LogP contribution in [0.25, 0.3) is 6.08 Å². The summed E-state index contributed by atoms with van der Waals surface area (Å²) in [7, 11) is 1.38. The molecule has 0 heterocycles. The molecular formula is C12H15NO2. The number of esters is 1. The van der Waals surface area contributed by atoms with Crippen LogP contribution in [0.1, 0.15) is 5.56 Å². The first kappa shape index (κ1) is 11.5. The van der Waals surface area contributed by atoms with Gasteiger partial charge in [0.05, 0.1) is 13.7 Å². The van der Waals surface area contributed by atoms with Crippen LogP contribution in [-0.4, -0.2) is 26.2 Å². The van der Waals surface area contributed by atoms with Crippen LogP contribution in [-0.2, 0) is 9.53 Å². The summed E-state index contributed by atoms with van der Waals surface area (Å²) in [6.45, 7) is 0.902. The number of methoxy groups -OCH3 is 1. The van der Waals surface area contributed by atoms with Crippen molar-refractivity contribution in [3.05, 3.63) is 42.0 Å². The molecule has 0 saturated heterocycles. The summed E-state index contributed by atoms with van der Waals surface area (Å²) >= 11 is 0. The molecule has 0 fully saturated rings. The highest BCUT2D eigenvalue weighted by Gasteiger charge is 1.95. The van der Waals surface area contributed by atoms with Crippen molar-refractivity contribution in [1.82, 2.24) is 5.32 Å². The molecule has 0 saturated carbocycles. The fraction of sp³-hybridized carbons (Fsp3) is 0.250. The van der Waals surface area contributed by atoms with E-state index in [0.29, 0.717) is 6.54 Å². The molecule has 0 radical (unpaired) electrons. The summed E-state index contributed by atoms with van der Waals surface area (Å²) < 4.78 is 4.49. The number of benzene rings is 1. The van der Waals surface area contributed by atoms with Crippen molar-refractivity contribution in [2.75, 3.05) is 20.2 Å². The van der Waals surface area contributed by atoms with Gasteiger partial charge in [-0.1, -0.05) is 42.5 Å². The Labute approximate surface area is 89.8 Å². The summed E-state index contributed by atoms with van der Waals surface area (Å²) in [5.74, 6) is -0.247. The first-order valence-electron chi connectivity index (χ1n) is 4.82. The maximum Gasteiger partial charge on any atom is 0.319 e. The first-order chi connectivity index (χ1) is 7.33. The smallest absolute Gasteiger partial charge is 0.319 e. The Morgan fingerprint density at radius 3 is 2.80 bits per heavy atom. The fourth-order valence-corrected chi connectivity index (χ4v) is 1.09. The molecule has 0 aliphatic rings. The van der Waals surface area contributed by atoms with Gasteiger partial charge < -0.3 is 10.1 Å². The molecule has 0 spiro atoms. The topological polar surface area (TPSA) is 38.3 Å². The second kappa shape index (κ2) is 6.79. The van der Waals surface area contributed by atoms with Crippen LogP contribution in [0.2, 0.25) is 0 Å². The standard InChI is InChI=1S/C12H15NO2/c1-15-12(14)10-13-9-5-8-11-6-3-2-4-7-11/h2-8,13H,9-10H2,1H3. The van der Waals surface area contributed by atoms with Crippen LogP contribution in [0.4, 0.5) is 0 Å². The van der Waals surface area contributed by atoms with Gasteiger partial charge in [0.2, 0.25) is 0 Å². The van der Waals surface area contributed by atoms with Crippen LogP contribution in [0, 0.1) is 0 Å². The average Bonchev–Trinajstić information content (AvgIpc) is 2.29. The third-order valence-electron chi connectivity index (χ3n) is 1.87. The minimum absolute atomic E-state index is 0.246. The lowest BCUT2D eigenvalue weighted by molar-refractivity contribution is -0.139. The molecule has 0 aromatic heterocycles. The van der Waals surface area contributed by atoms with Gasteiger partial charge in [0.1, 0.15) is 0 Å². The maximum atomic E-state index is 10.7. The minimum Gasteiger partial charge on any atom is -0.468 e. The first-order valence-corrected chi connectivity index (χ1v) is 4.82. The van der Waals surface area contributed by atoms with E-state index >= 15 is 0 Å². The van der Waals surface area contributed by atoms with E-state index in [1.807, 2.05) is 42.5 Å². The monoisotopic (exact) mass is 205 g/mol. The maximum absolute atomic E-state index is 10.7. The van der Waals surface area contributed by atoms with E-state index in [2.05, 4.69) is 10.1 Å². The third kappa shape index (κ3) is 4.98. The molecule has 15 heavy (non-hydrogen) atoms. The normalized spacial score (nSPS) is 10.5. The van der Waals surface area contributed by atoms with Crippen molar-refractivity contribution in [1.29, 1.82) is 0 Å². The van der Waals surface area contributed by atoms with E-state index in [4.69, 9.17) is 0 Å². The molecule has 3 nitrogen and oxygen atoms in total. The van der Waals surface area contributed by atoms with E-state index in [-0.39, 0.29) is 12.5 Å². The van der Waals surface area contributed by atoms with Crippen molar-refractivity contribution in [3.8, 4) is 0 Å². The van der Waals surface area contributed by atoms with Gasteiger partial charge in [0.25, 0.3) is 0 Å². The Morgan fingerprint density at radius 1 is 1.40 bits per heavy atom. The number of carbonyl (C=O) groups is 1. The van der Waals surface area contributed by atoms with Gasteiger partial charge in [-0.25, -0.2) is 0 Å². The SMILES string of the molecule is COC(=O)CNCC=Cc1ccccc1. The van der Waals surface area contributed by atoms with Gasteiger partial charge in [-0.05, 0) is 5.56 Å². The molecule has 1 N–H and O–H groups in total. The second-order valence-corrected chi connectivity index (χ2v) is 3.02. The van der Waals surface area contributed by atoms with Crippen molar-refractivity contribution in [2.24, 2.45) is 0 Å². The van der Waals surface area contributed by atoms with Crippen LogP contribution >= 0.6 is 0 Å². The molecule has 0 bridgehead atoms. The second-order valence-electron chi connectivity index (χ2n) is 3.02. The predicted molar refractivity (Wildman–Crippen MR) is 60.4 cm³/mol. The zero-order valence-corrected chi connectivity index (χ0v) is 8.77. The van der Waals surface area contributed by atoms with Crippen molar-refractivity contribution >= 4 is 12.0 Å². The van der Waals surface area contributed by atoms with E-state index in [1.54, 1.807) is 0 Å². The number of hydrogen-bond acceptors (Lipinski definition) is 3. The van der Waals surface area contributed by atoms with E-state index in [0.717, 1.165) is 5.56 Å². The largest absolute Gasteiger partial charge is 0.468 e. The molecule has 1 aromatic rings. The van der Waals surface area contributed by atoms with Gasteiger partial charge in [0.15, 0.2) is 0 Å². The Morgan fingerprint density at radius 2 is 2.13 bits per heavy atom. The number of rotatable bonds is 5. The third-order valence-corrected chi connectivity index (χ3v) is 1.87. The quantitative estimate of drug-likeness (QED) is 0.584. The lowest BCUT2D eigenvalue weighted by atomic mass is 10.2. The summed E-state index contributed by atoms with van der Waals surface area (Å²) in [4.78, 5) is 10.7. The van der Waals surface area contributed by atoms with Crippen molar-refractivity contribution in [3.63, 3.8) is 0 Å². The highest BCUT2D eigenvalue weighted by molar-refractivity contribution is 5.71. The highest BCUT2D eigenvalue weighted by atomic mass is 16.5. The van der Waals surface area contributed by atoms with E-state index in [1.165, 1.54) is 7.11 Å². The van der Waals surface area contributed by atoms with Gasteiger partial charge in [0, 0.05) is 6.54 Å². The molecule has 0 atom stereocenters. The van der Waals surface area contributed by atoms with Crippen LogP contribution < -0.4 is 5.32 Å². The lowest BCUT2D eigenvalue weighted by Gasteiger charge is -1.98. The highest BCUT2D eigenvalue weighted by Crippen LogP contribution is 1.99. The lowest BCUT2D eigenvalue weighted by Crippen LogP contribution is -2.23. The Bertz CT molecular complexity index is 320. The zero-order chi connectivity index (χ0) is 10.9. The van der Waals surface area contributed by atoms with Crippen LogP contribution in [0.5, 0.6) is 0 Å². The van der Waals surface area contributed by atoms with Crippen LogP contribution in [0.3, 0.4) is 0 Å². The number of hydrogen-bond donors (Lipinski definition) is 1. The summed E-state index contributed by atoms with van der Waals surface area (Å²) in [5.41, 5.74) is 1.15. The fourth-order valence-electron chi connectivity index (χ4n) is 1.09. The molecule has 0 aliphatic heterocycles. The Hall–Kier alpha value is -1.61.